The van der Waals surface area contributed by atoms with E-state index in [1.54, 1.807) is 0 Å². The number of rotatable bonds is 2. The van der Waals surface area contributed by atoms with Gasteiger partial charge in [0.1, 0.15) is 17.5 Å². The van der Waals surface area contributed by atoms with Gasteiger partial charge in [-0.2, -0.15) is 0 Å². The Bertz CT molecular complexity index is 427. The summed E-state index contributed by atoms with van der Waals surface area (Å²) in [6.45, 7) is 0. The fourth-order valence-electron chi connectivity index (χ4n) is 3.32. The molecule has 0 aliphatic heterocycles. The number of hydrogen-bond acceptors (Lipinski definition) is 0. The highest BCUT2D eigenvalue weighted by molar-refractivity contribution is 9.09. The van der Waals surface area contributed by atoms with Crippen molar-refractivity contribution in [1.29, 1.82) is 0 Å². The lowest BCUT2D eigenvalue weighted by atomic mass is 10.0. The van der Waals surface area contributed by atoms with E-state index in [1.165, 1.54) is 6.42 Å². The molecule has 3 atom stereocenters. The molecule has 0 N–H and O–H groups in total. The van der Waals surface area contributed by atoms with Crippen LogP contribution >= 0.6 is 15.9 Å². The summed E-state index contributed by atoms with van der Waals surface area (Å²) in [6.07, 6.45) is 3.53. The van der Waals surface area contributed by atoms with E-state index < -0.39 is 17.5 Å². The fourth-order valence-corrected chi connectivity index (χ4v) is 4.54. The number of alkyl halides is 1. The zero-order chi connectivity index (χ0) is 12.2. The van der Waals surface area contributed by atoms with Crippen LogP contribution in [0.3, 0.4) is 0 Å². The predicted octanol–water partition coefficient (Wildman–Crippen LogP) is 4.59. The summed E-state index contributed by atoms with van der Waals surface area (Å²) < 4.78 is 40.1. The van der Waals surface area contributed by atoms with Crippen molar-refractivity contribution in [2.24, 2.45) is 17.8 Å². The third kappa shape index (κ3) is 1.81. The van der Waals surface area contributed by atoms with Gasteiger partial charge in [-0.3, -0.25) is 0 Å². The Morgan fingerprint density at radius 1 is 1.06 bits per heavy atom. The molecule has 0 radical (unpaired) electrons. The van der Waals surface area contributed by atoms with Crippen LogP contribution in [0.4, 0.5) is 13.2 Å². The highest BCUT2D eigenvalue weighted by atomic mass is 79.9. The molecule has 0 amide bonds. The minimum atomic E-state index is -0.862. The van der Waals surface area contributed by atoms with Crippen molar-refractivity contribution in [2.75, 3.05) is 0 Å². The van der Waals surface area contributed by atoms with Crippen molar-refractivity contribution >= 4 is 15.9 Å². The van der Waals surface area contributed by atoms with Gasteiger partial charge in [0.05, 0.1) is 0 Å². The van der Waals surface area contributed by atoms with Gasteiger partial charge >= 0.3 is 0 Å². The Morgan fingerprint density at radius 3 is 2.12 bits per heavy atom. The monoisotopic (exact) mass is 304 g/mol. The van der Waals surface area contributed by atoms with Crippen LogP contribution in [0, 0.1) is 35.2 Å². The third-order valence-electron chi connectivity index (χ3n) is 4.13. The molecule has 0 nitrogen and oxygen atoms in total. The van der Waals surface area contributed by atoms with Crippen molar-refractivity contribution in [2.45, 2.75) is 24.1 Å². The first-order valence-corrected chi connectivity index (χ1v) is 6.79. The molecule has 4 heteroatoms. The van der Waals surface area contributed by atoms with Crippen molar-refractivity contribution in [1.82, 2.24) is 0 Å². The Balaban J connectivity index is 1.89. The normalized spacial score (nSPS) is 32.4. The molecular weight excluding hydrogens is 293 g/mol. The smallest absolute Gasteiger partial charge is 0.133 e. The molecule has 1 aromatic carbocycles. The molecule has 0 bridgehead atoms. The molecule has 3 rings (SSSR count). The predicted molar refractivity (Wildman–Crippen MR) is 62.3 cm³/mol. The first-order chi connectivity index (χ1) is 8.09. The number of hydrogen-bond donors (Lipinski definition) is 0. The highest BCUT2D eigenvalue weighted by Crippen LogP contribution is 2.64. The molecule has 2 fully saturated rings. The molecular formula is C13H12BrF3. The molecule has 0 saturated heterocycles. The van der Waals surface area contributed by atoms with E-state index in [9.17, 15) is 13.2 Å². The van der Waals surface area contributed by atoms with Crippen LogP contribution in [-0.2, 0) is 0 Å². The summed E-state index contributed by atoms with van der Waals surface area (Å²) in [5.74, 6) is -0.909. The van der Waals surface area contributed by atoms with E-state index in [0.717, 1.165) is 25.0 Å². The summed E-state index contributed by atoms with van der Waals surface area (Å²) in [5, 5.41) is 0. The third-order valence-corrected chi connectivity index (χ3v) is 5.20. The molecule has 2 aliphatic carbocycles. The Labute approximate surface area is 106 Å². The lowest BCUT2D eigenvalue weighted by Crippen LogP contribution is -2.05. The molecule has 92 valence electrons. The Morgan fingerprint density at radius 2 is 1.59 bits per heavy atom. The van der Waals surface area contributed by atoms with Crippen molar-refractivity contribution in [3.05, 3.63) is 35.1 Å². The van der Waals surface area contributed by atoms with E-state index in [2.05, 4.69) is 15.9 Å². The van der Waals surface area contributed by atoms with Crippen LogP contribution in [-0.4, -0.2) is 0 Å². The quantitative estimate of drug-likeness (QED) is 0.701. The standard InChI is InChI=1S/C13H12BrF3/c14-13(11-7-2-1-3-8(7)11)12-9(16)4-6(15)5-10(12)17/h4-5,7-8,11,13H,1-3H2. The Kier molecular flexibility index (Phi) is 2.73. The van der Waals surface area contributed by atoms with Gasteiger partial charge in [0.2, 0.25) is 0 Å². The summed E-state index contributed by atoms with van der Waals surface area (Å²) in [4.78, 5) is -0.321. The number of halogens is 4. The van der Waals surface area contributed by atoms with Gasteiger partial charge in [-0.1, -0.05) is 22.4 Å². The summed E-state index contributed by atoms with van der Waals surface area (Å²) in [7, 11) is 0. The minimum Gasteiger partial charge on any atom is -0.207 e. The van der Waals surface area contributed by atoms with Crippen LogP contribution in [0.25, 0.3) is 0 Å². The maximum Gasteiger partial charge on any atom is 0.133 e. The molecule has 2 aliphatic rings. The first-order valence-electron chi connectivity index (χ1n) is 5.88. The van der Waals surface area contributed by atoms with Crippen molar-refractivity contribution in [3.63, 3.8) is 0 Å². The van der Waals surface area contributed by atoms with E-state index in [-0.39, 0.29) is 10.4 Å². The van der Waals surface area contributed by atoms with E-state index >= 15 is 0 Å². The molecule has 2 saturated carbocycles. The van der Waals surface area contributed by atoms with Crippen LogP contribution in [0.1, 0.15) is 29.7 Å². The minimum absolute atomic E-state index is 0.00852. The van der Waals surface area contributed by atoms with Gasteiger partial charge in [0, 0.05) is 22.5 Å². The second-order valence-corrected chi connectivity index (χ2v) is 6.01. The molecule has 3 unspecified atom stereocenters. The maximum atomic E-state index is 13.6. The van der Waals surface area contributed by atoms with E-state index in [0.29, 0.717) is 17.8 Å². The first kappa shape index (κ1) is 11.6. The molecule has 17 heavy (non-hydrogen) atoms. The maximum absolute atomic E-state index is 13.6. The second kappa shape index (κ2) is 4.01. The molecule has 0 aromatic heterocycles. The van der Waals surface area contributed by atoms with Gasteiger partial charge in [0.25, 0.3) is 0 Å². The molecule has 0 heterocycles. The van der Waals surface area contributed by atoms with Gasteiger partial charge in [-0.15, -0.1) is 0 Å². The second-order valence-electron chi connectivity index (χ2n) is 5.02. The number of fused-ring (bicyclic) bond motifs is 1. The highest BCUT2D eigenvalue weighted by Gasteiger charge is 2.56. The van der Waals surface area contributed by atoms with Gasteiger partial charge in [-0.25, -0.2) is 13.2 Å². The zero-order valence-electron chi connectivity index (χ0n) is 9.10. The summed E-state index contributed by atoms with van der Waals surface area (Å²) >= 11 is 3.39. The van der Waals surface area contributed by atoms with Crippen molar-refractivity contribution < 1.29 is 13.2 Å². The van der Waals surface area contributed by atoms with Crippen molar-refractivity contribution in [3.8, 4) is 0 Å². The lowest BCUT2D eigenvalue weighted by Gasteiger charge is -2.14. The zero-order valence-corrected chi connectivity index (χ0v) is 10.7. The fraction of sp³-hybridized carbons (Fsp3) is 0.538. The SMILES string of the molecule is Fc1cc(F)c(C(Br)C2C3CCCC32)c(F)c1. The van der Waals surface area contributed by atoms with Gasteiger partial charge in [-0.05, 0) is 30.6 Å². The topological polar surface area (TPSA) is 0 Å². The average Bonchev–Trinajstić information content (AvgIpc) is 2.71. The Hall–Kier alpha value is -0.510. The largest absolute Gasteiger partial charge is 0.207 e. The van der Waals surface area contributed by atoms with E-state index in [4.69, 9.17) is 0 Å². The summed E-state index contributed by atoms with van der Waals surface area (Å²) in [6, 6.07) is 1.51. The van der Waals surface area contributed by atoms with Crippen LogP contribution in [0.5, 0.6) is 0 Å². The average molecular weight is 305 g/mol. The van der Waals surface area contributed by atoms with Gasteiger partial charge < -0.3 is 0 Å². The molecule has 1 aromatic rings. The number of benzene rings is 1. The van der Waals surface area contributed by atoms with Crippen LogP contribution in [0.15, 0.2) is 12.1 Å². The van der Waals surface area contributed by atoms with E-state index in [1.807, 2.05) is 0 Å². The van der Waals surface area contributed by atoms with Crippen LogP contribution < -0.4 is 0 Å². The summed E-state index contributed by atoms with van der Waals surface area (Å²) in [5.41, 5.74) is -0.00852. The molecule has 0 spiro atoms. The van der Waals surface area contributed by atoms with Gasteiger partial charge in [0.15, 0.2) is 0 Å². The lowest BCUT2D eigenvalue weighted by molar-refractivity contribution is 0.499. The van der Waals surface area contributed by atoms with Crippen LogP contribution in [0.2, 0.25) is 0 Å².